The van der Waals surface area contributed by atoms with Crippen molar-refractivity contribution in [3.05, 3.63) is 0 Å². The highest BCUT2D eigenvalue weighted by atomic mass is 19.3. The Hall–Kier alpha value is -0.710. The maximum absolute atomic E-state index is 11.7. The molecule has 0 heterocycles. The fourth-order valence-corrected chi connectivity index (χ4v) is 0.777. The number of ether oxygens (including phenoxy) is 2. The van der Waals surface area contributed by atoms with Crippen LogP contribution in [0.4, 0.5) is 8.78 Å². The minimum Gasteiger partial charge on any atom is -0.464 e. The van der Waals surface area contributed by atoms with Crippen LogP contribution in [0.3, 0.4) is 0 Å². The van der Waals surface area contributed by atoms with Gasteiger partial charge in [0.25, 0.3) is 6.43 Å². The van der Waals surface area contributed by atoms with Gasteiger partial charge in [-0.25, -0.2) is 13.6 Å². The van der Waals surface area contributed by atoms with Gasteiger partial charge >= 0.3 is 5.97 Å². The predicted molar refractivity (Wildman–Crippen MR) is 42.7 cm³/mol. The third-order valence-electron chi connectivity index (χ3n) is 1.34. The summed E-state index contributed by atoms with van der Waals surface area (Å²) < 4.78 is 32.7. The quantitative estimate of drug-likeness (QED) is 0.605. The van der Waals surface area contributed by atoms with Gasteiger partial charge in [-0.05, 0) is 13.3 Å². The summed E-state index contributed by atoms with van der Waals surface area (Å²) in [5.41, 5.74) is 0. The molecular weight excluding hydrogens is 182 g/mol. The second-order valence-electron chi connectivity index (χ2n) is 2.37. The summed E-state index contributed by atoms with van der Waals surface area (Å²) in [6.07, 6.45) is -3.08. The number of hydrogen-bond acceptors (Lipinski definition) is 3. The zero-order chi connectivity index (χ0) is 10.3. The SMILES string of the molecule is CCOC(=O)C(CC)OCC(F)F. The fourth-order valence-electron chi connectivity index (χ4n) is 0.777. The molecule has 3 nitrogen and oxygen atoms in total. The molecule has 0 fully saturated rings. The van der Waals surface area contributed by atoms with Gasteiger partial charge < -0.3 is 9.47 Å². The third-order valence-corrected chi connectivity index (χ3v) is 1.34. The van der Waals surface area contributed by atoms with Crippen molar-refractivity contribution in [2.24, 2.45) is 0 Å². The monoisotopic (exact) mass is 196 g/mol. The average Bonchev–Trinajstić information content (AvgIpc) is 2.05. The van der Waals surface area contributed by atoms with Gasteiger partial charge in [0.15, 0.2) is 6.10 Å². The molecule has 0 N–H and O–H groups in total. The molecule has 0 aliphatic heterocycles. The topological polar surface area (TPSA) is 35.5 Å². The Bertz CT molecular complexity index is 150. The van der Waals surface area contributed by atoms with E-state index in [1.54, 1.807) is 13.8 Å². The van der Waals surface area contributed by atoms with E-state index in [1.807, 2.05) is 0 Å². The van der Waals surface area contributed by atoms with E-state index < -0.39 is 25.1 Å². The number of carbonyl (C=O) groups is 1. The van der Waals surface area contributed by atoms with Crippen molar-refractivity contribution in [3.63, 3.8) is 0 Å². The van der Waals surface area contributed by atoms with E-state index >= 15 is 0 Å². The van der Waals surface area contributed by atoms with Crippen molar-refractivity contribution in [1.29, 1.82) is 0 Å². The maximum atomic E-state index is 11.7. The molecule has 0 saturated carbocycles. The third kappa shape index (κ3) is 5.52. The molecule has 0 aromatic rings. The van der Waals surface area contributed by atoms with Crippen molar-refractivity contribution < 1.29 is 23.0 Å². The minimum atomic E-state index is -2.55. The first-order valence-corrected chi connectivity index (χ1v) is 4.18. The zero-order valence-corrected chi connectivity index (χ0v) is 7.76. The number of halogens is 2. The average molecular weight is 196 g/mol. The first kappa shape index (κ1) is 12.3. The van der Waals surface area contributed by atoms with Crippen LogP contribution in [0, 0.1) is 0 Å². The second kappa shape index (κ2) is 6.77. The standard InChI is InChI=1S/C8H14F2O3/c1-3-6(8(11)12-4-2)13-5-7(9)10/h6-7H,3-5H2,1-2H3. The highest BCUT2D eigenvalue weighted by molar-refractivity contribution is 5.74. The van der Waals surface area contributed by atoms with Crippen LogP contribution in [-0.2, 0) is 14.3 Å². The van der Waals surface area contributed by atoms with Gasteiger partial charge in [-0.3, -0.25) is 0 Å². The lowest BCUT2D eigenvalue weighted by molar-refractivity contribution is -0.159. The van der Waals surface area contributed by atoms with Gasteiger partial charge in [0.1, 0.15) is 6.61 Å². The molecule has 0 aromatic carbocycles. The first-order chi connectivity index (χ1) is 6.11. The molecule has 0 aromatic heterocycles. The van der Waals surface area contributed by atoms with Gasteiger partial charge in [-0.2, -0.15) is 0 Å². The lowest BCUT2D eigenvalue weighted by Gasteiger charge is -2.13. The second-order valence-corrected chi connectivity index (χ2v) is 2.37. The molecule has 0 bridgehead atoms. The summed E-state index contributed by atoms with van der Waals surface area (Å²) in [6, 6.07) is 0. The van der Waals surface area contributed by atoms with Gasteiger partial charge in [-0.15, -0.1) is 0 Å². The van der Waals surface area contributed by atoms with Crippen molar-refractivity contribution >= 4 is 5.97 Å². The zero-order valence-electron chi connectivity index (χ0n) is 7.76. The van der Waals surface area contributed by atoms with E-state index in [0.717, 1.165) is 0 Å². The van der Waals surface area contributed by atoms with Gasteiger partial charge in [0, 0.05) is 0 Å². The molecular formula is C8H14F2O3. The Morgan fingerprint density at radius 3 is 2.38 bits per heavy atom. The predicted octanol–water partition coefficient (Wildman–Crippen LogP) is 1.61. The van der Waals surface area contributed by atoms with E-state index in [4.69, 9.17) is 0 Å². The van der Waals surface area contributed by atoms with Gasteiger partial charge in [0.05, 0.1) is 6.61 Å². The number of esters is 1. The van der Waals surface area contributed by atoms with E-state index in [2.05, 4.69) is 9.47 Å². The largest absolute Gasteiger partial charge is 0.464 e. The lowest BCUT2D eigenvalue weighted by atomic mass is 10.3. The van der Waals surface area contributed by atoms with Crippen molar-refractivity contribution in [2.45, 2.75) is 32.8 Å². The molecule has 78 valence electrons. The smallest absolute Gasteiger partial charge is 0.335 e. The number of alkyl halides is 2. The summed E-state index contributed by atoms with van der Waals surface area (Å²) in [4.78, 5) is 11.0. The highest BCUT2D eigenvalue weighted by Gasteiger charge is 2.19. The molecule has 0 aliphatic carbocycles. The lowest BCUT2D eigenvalue weighted by Crippen LogP contribution is -2.27. The number of hydrogen-bond donors (Lipinski definition) is 0. The summed E-state index contributed by atoms with van der Waals surface area (Å²) in [6.45, 7) is 2.83. The first-order valence-electron chi connectivity index (χ1n) is 4.18. The van der Waals surface area contributed by atoms with Gasteiger partial charge in [-0.1, -0.05) is 6.92 Å². The normalized spacial score (nSPS) is 13.0. The number of rotatable bonds is 6. The molecule has 0 saturated heterocycles. The van der Waals surface area contributed by atoms with Crippen LogP contribution in [0.1, 0.15) is 20.3 Å². The van der Waals surface area contributed by atoms with Gasteiger partial charge in [0.2, 0.25) is 0 Å². The Morgan fingerprint density at radius 1 is 1.38 bits per heavy atom. The Morgan fingerprint density at radius 2 is 2.00 bits per heavy atom. The van der Waals surface area contributed by atoms with Crippen molar-refractivity contribution in [2.75, 3.05) is 13.2 Å². The van der Waals surface area contributed by atoms with Crippen molar-refractivity contribution in [1.82, 2.24) is 0 Å². The maximum Gasteiger partial charge on any atom is 0.335 e. The Labute approximate surface area is 76.0 Å². The molecule has 1 atom stereocenters. The van der Waals surface area contributed by atoms with Crippen LogP contribution in [-0.4, -0.2) is 31.7 Å². The van der Waals surface area contributed by atoms with E-state index in [-0.39, 0.29) is 6.61 Å². The molecule has 0 rings (SSSR count). The molecule has 0 spiro atoms. The Balaban J connectivity index is 3.80. The van der Waals surface area contributed by atoms with E-state index in [9.17, 15) is 13.6 Å². The van der Waals surface area contributed by atoms with Crippen molar-refractivity contribution in [3.8, 4) is 0 Å². The van der Waals surface area contributed by atoms with E-state index in [0.29, 0.717) is 6.42 Å². The number of carbonyl (C=O) groups excluding carboxylic acids is 1. The fraction of sp³-hybridized carbons (Fsp3) is 0.875. The summed E-state index contributed by atoms with van der Waals surface area (Å²) in [7, 11) is 0. The van der Waals surface area contributed by atoms with Crippen LogP contribution >= 0.6 is 0 Å². The summed E-state index contributed by atoms with van der Waals surface area (Å²) in [5, 5.41) is 0. The Kier molecular flexibility index (Phi) is 6.40. The molecule has 13 heavy (non-hydrogen) atoms. The highest BCUT2D eigenvalue weighted by Crippen LogP contribution is 2.03. The molecule has 0 radical (unpaired) electrons. The van der Waals surface area contributed by atoms with Crippen LogP contribution in [0.15, 0.2) is 0 Å². The molecule has 5 heteroatoms. The van der Waals surface area contributed by atoms with Crippen LogP contribution in [0.2, 0.25) is 0 Å². The van der Waals surface area contributed by atoms with E-state index in [1.165, 1.54) is 0 Å². The van der Waals surface area contributed by atoms with Crippen LogP contribution in [0.5, 0.6) is 0 Å². The summed E-state index contributed by atoms with van der Waals surface area (Å²) >= 11 is 0. The minimum absolute atomic E-state index is 0.230. The van der Waals surface area contributed by atoms with Crippen LogP contribution < -0.4 is 0 Å². The van der Waals surface area contributed by atoms with Crippen LogP contribution in [0.25, 0.3) is 0 Å². The molecule has 0 aliphatic rings. The molecule has 1 unspecified atom stereocenters. The molecule has 0 amide bonds. The summed E-state index contributed by atoms with van der Waals surface area (Å²) in [5.74, 6) is -0.578.